The first-order chi connectivity index (χ1) is 3.98. The summed E-state index contributed by atoms with van der Waals surface area (Å²) in [6.07, 6.45) is 0. The second-order valence-corrected chi connectivity index (χ2v) is 1.80. The zero-order valence-corrected chi connectivity index (χ0v) is 5.48. The standard InChI is InChI=1S/C5H10FNO2/c1-3-9-4(8)5(2,6)7/h3,7H2,1-2H3. The molecule has 9 heavy (non-hydrogen) atoms. The van der Waals surface area contributed by atoms with Gasteiger partial charge in [-0.2, -0.15) is 0 Å². The molecule has 0 spiro atoms. The van der Waals surface area contributed by atoms with Crippen LogP contribution in [0.4, 0.5) is 4.39 Å². The Bertz CT molecular complexity index is 108. The van der Waals surface area contributed by atoms with Crippen LogP contribution in [0.5, 0.6) is 0 Å². The number of ether oxygens (including phenoxy) is 1. The molecule has 1 unspecified atom stereocenters. The fraction of sp³-hybridized carbons (Fsp3) is 0.800. The lowest BCUT2D eigenvalue weighted by Crippen LogP contribution is -2.41. The molecule has 0 amide bonds. The summed E-state index contributed by atoms with van der Waals surface area (Å²) in [7, 11) is 0. The van der Waals surface area contributed by atoms with Gasteiger partial charge in [0.1, 0.15) is 0 Å². The van der Waals surface area contributed by atoms with Gasteiger partial charge in [-0.3, -0.25) is 5.73 Å². The minimum atomic E-state index is -2.35. The number of hydrogen-bond donors (Lipinski definition) is 1. The minimum absolute atomic E-state index is 0.148. The molecule has 0 radical (unpaired) electrons. The zero-order valence-electron chi connectivity index (χ0n) is 5.48. The smallest absolute Gasteiger partial charge is 0.358 e. The topological polar surface area (TPSA) is 52.3 Å². The molecular weight excluding hydrogens is 125 g/mol. The van der Waals surface area contributed by atoms with Crippen LogP contribution in [-0.4, -0.2) is 18.4 Å². The van der Waals surface area contributed by atoms with Crippen molar-refractivity contribution in [3.8, 4) is 0 Å². The summed E-state index contributed by atoms with van der Waals surface area (Å²) in [4.78, 5) is 10.3. The van der Waals surface area contributed by atoms with Gasteiger partial charge in [0.05, 0.1) is 6.61 Å². The van der Waals surface area contributed by atoms with E-state index in [-0.39, 0.29) is 6.61 Å². The van der Waals surface area contributed by atoms with Crippen molar-refractivity contribution in [3.63, 3.8) is 0 Å². The van der Waals surface area contributed by atoms with Crippen molar-refractivity contribution in [1.82, 2.24) is 0 Å². The van der Waals surface area contributed by atoms with Crippen molar-refractivity contribution in [1.29, 1.82) is 0 Å². The highest BCUT2D eigenvalue weighted by atomic mass is 19.1. The van der Waals surface area contributed by atoms with E-state index in [0.717, 1.165) is 6.92 Å². The minimum Gasteiger partial charge on any atom is -0.463 e. The summed E-state index contributed by atoms with van der Waals surface area (Å²) < 4.78 is 16.5. The predicted molar refractivity (Wildman–Crippen MR) is 30.3 cm³/mol. The third-order valence-electron chi connectivity index (χ3n) is 0.675. The molecule has 0 heterocycles. The lowest BCUT2D eigenvalue weighted by atomic mass is 10.3. The Morgan fingerprint density at radius 2 is 2.33 bits per heavy atom. The van der Waals surface area contributed by atoms with Crippen LogP contribution in [0.25, 0.3) is 0 Å². The predicted octanol–water partition coefficient (Wildman–Crippen LogP) is 0.194. The lowest BCUT2D eigenvalue weighted by Gasteiger charge is -2.10. The Balaban J connectivity index is 3.74. The molecule has 0 aromatic rings. The van der Waals surface area contributed by atoms with Gasteiger partial charge in [-0.25, -0.2) is 9.18 Å². The summed E-state index contributed by atoms with van der Waals surface area (Å²) in [5.41, 5.74) is 4.72. The first-order valence-electron chi connectivity index (χ1n) is 2.63. The Kier molecular flexibility index (Phi) is 2.58. The lowest BCUT2D eigenvalue weighted by molar-refractivity contribution is -0.155. The van der Waals surface area contributed by atoms with Crippen LogP contribution in [0.3, 0.4) is 0 Å². The highest BCUT2D eigenvalue weighted by Crippen LogP contribution is 2.02. The fourth-order valence-corrected chi connectivity index (χ4v) is 0.272. The molecule has 0 saturated carbocycles. The highest BCUT2D eigenvalue weighted by Gasteiger charge is 2.28. The molecule has 0 fully saturated rings. The number of halogens is 1. The molecule has 0 bridgehead atoms. The molecule has 0 aromatic heterocycles. The first kappa shape index (κ1) is 8.36. The van der Waals surface area contributed by atoms with Gasteiger partial charge < -0.3 is 4.74 Å². The van der Waals surface area contributed by atoms with Crippen LogP contribution in [0, 0.1) is 0 Å². The van der Waals surface area contributed by atoms with E-state index < -0.39 is 11.8 Å². The van der Waals surface area contributed by atoms with Crippen molar-refractivity contribution in [2.75, 3.05) is 6.61 Å². The maximum Gasteiger partial charge on any atom is 0.358 e. The summed E-state index contributed by atoms with van der Waals surface area (Å²) in [6.45, 7) is 2.68. The van der Waals surface area contributed by atoms with Crippen molar-refractivity contribution in [2.24, 2.45) is 5.73 Å². The summed E-state index contributed by atoms with van der Waals surface area (Å²) in [5.74, 6) is -3.37. The van der Waals surface area contributed by atoms with Gasteiger partial charge in [-0.15, -0.1) is 0 Å². The number of hydrogen-bond acceptors (Lipinski definition) is 3. The van der Waals surface area contributed by atoms with E-state index in [9.17, 15) is 9.18 Å². The molecule has 0 aliphatic heterocycles. The van der Waals surface area contributed by atoms with Crippen molar-refractivity contribution in [2.45, 2.75) is 19.6 Å². The maximum absolute atomic E-state index is 12.3. The molecule has 0 aliphatic rings. The molecule has 54 valence electrons. The van der Waals surface area contributed by atoms with Gasteiger partial charge in [0.2, 0.25) is 0 Å². The van der Waals surface area contributed by atoms with E-state index in [0.29, 0.717) is 0 Å². The average molecular weight is 135 g/mol. The summed E-state index contributed by atoms with van der Waals surface area (Å²) >= 11 is 0. The van der Waals surface area contributed by atoms with Crippen LogP contribution in [-0.2, 0) is 9.53 Å². The van der Waals surface area contributed by atoms with Gasteiger partial charge >= 0.3 is 5.97 Å². The van der Waals surface area contributed by atoms with Crippen molar-refractivity contribution >= 4 is 5.97 Å². The second-order valence-electron chi connectivity index (χ2n) is 1.80. The fourth-order valence-electron chi connectivity index (χ4n) is 0.272. The number of carbonyl (C=O) groups is 1. The first-order valence-corrected chi connectivity index (χ1v) is 2.63. The van der Waals surface area contributed by atoms with Gasteiger partial charge in [-0.1, -0.05) is 0 Å². The maximum atomic E-state index is 12.3. The van der Waals surface area contributed by atoms with Gasteiger partial charge in [0.15, 0.2) is 0 Å². The third-order valence-corrected chi connectivity index (χ3v) is 0.675. The van der Waals surface area contributed by atoms with E-state index >= 15 is 0 Å². The Morgan fingerprint density at radius 3 is 2.44 bits per heavy atom. The Morgan fingerprint density at radius 1 is 1.89 bits per heavy atom. The van der Waals surface area contributed by atoms with Gasteiger partial charge in [0.25, 0.3) is 5.79 Å². The molecule has 3 nitrogen and oxygen atoms in total. The molecule has 0 saturated heterocycles. The molecule has 0 rings (SSSR count). The number of carbonyl (C=O) groups excluding carboxylic acids is 1. The number of rotatable bonds is 2. The van der Waals surface area contributed by atoms with Crippen LogP contribution in [0.2, 0.25) is 0 Å². The zero-order chi connectivity index (χ0) is 7.49. The van der Waals surface area contributed by atoms with Gasteiger partial charge in [0, 0.05) is 0 Å². The van der Waals surface area contributed by atoms with Gasteiger partial charge in [-0.05, 0) is 13.8 Å². The second kappa shape index (κ2) is 2.77. The van der Waals surface area contributed by atoms with Crippen LogP contribution in [0.15, 0.2) is 0 Å². The number of nitrogens with two attached hydrogens (primary N) is 1. The van der Waals surface area contributed by atoms with E-state index in [1.807, 2.05) is 0 Å². The number of esters is 1. The van der Waals surface area contributed by atoms with E-state index in [1.165, 1.54) is 0 Å². The highest BCUT2D eigenvalue weighted by molar-refractivity contribution is 5.77. The monoisotopic (exact) mass is 135 g/mol. The van der Waals surface area contributed by atoms with Crippen molar-refractivity contribution < 1.29 is 13.9 Å². The molecule has 0 aromatic carbocycles. The summed E-state index contributed by atoms with van der Waals surface area (Å²) in [6, 6.07) is 0. The van der Waals surface area contributed by atoms with Crippen LogP contribution in [0.1, 0.15) is 13.8 Å². The van der Waals surface area contributed by atoms with E-state index in [1.54, 1.807) is 6.92 Å². The van der Waals surface area contributed by atoms with Crippen LogP contribution >= 0.6 is 0 Å². The SMILES string of the molecule is CCOC(=O)C(C)(N)F. The average Bonchev–Trinajstić information content (AvgIpc) is 1.64. The van der Waals surface area contributed by atoms with Crippen LogP contribution < -0.4 is 5.73 Å². The molecular formula is C5H10FNO2. The number of alkyl halides is 1. The molecule has 1 atom stereocenters. The Hall–Kier alpha value is -0.640. The largest absolute Gasteiger partial charge is 0.463 e. The third kappa shape index (κ3) is 3.03. The molecule has 2 N–H and O–H groups in total. The van der Waals surface area contributed by atoms with E-state index in [2.05, 4.69) is 4.74 Å². The molecule has 0 aliphatic carbocycles. The van der Waals surface area contributed by atoms with E-state index in [4.69, 9.17) is 5.73 Å². The summed E-state index contributed by atoms with van der Waals surface area (Å²) in [5, 5.41) is 0. The Labute approximate surface area is 53.0 Å². The normalized spacial score (nSPS) is 16.4. The molecule has 4 heteroatoms. The quantitative estimate of drug-likeness (QED) is 0.434. The van der Waals surface area contributed by atoms with Crippen molar-refractivity contribution in [3.05, 3.63) is 0 Å².